The lowest BCUT2D eigenvalue weighted by atomic mass is 10.2. The predicted octanol–water partition coefficient (Wildman–Crippen LogP) is 4.39. The topological polar surface area (TPSA) is 77.0 Å². The molecular formula is C20H15ClN2O4S. The Kier molecular flexibility index (Phi) is 6.41. The molecule has 0 aliphatic carbocycles. The Bertz CT molecular complexity index is 1020. The summed E-state index contributed by atoms with van der Waals surface area (Å²) in [5.74, 6) is -0.293. The van der Waals surface area contributed by atoms with Crippen LogP contribution in [0.15, 0.2) is 65.1 Å². The molecule has 0 aliphatic rings. The quantitative estimate of drug-likeness (QED) is 0.281. The highest BCUT2D eigenvalue weighted by atomic mass is 35.5. The minimum Gasteiger partial charge on any atom is -0.493 e. The maximum absolute atomic E-state index is 12.3. The zero-order valence-corrected chi connectivity index (χ0v) is 16.3. The maximum Gasteiger partial charge on any atom is 0.345 e. The van der Waals surface area contributed by atoms with E-state index in [1.54, 1.807) is 54.6 Å². The predicted molar refractivity (Wildman–Crippen MR) is 109 cm³/mol. The largest absolute Gasteiger partial charge is 0.493 e. The maximum atomic E-state index is 12.3. The standard InChI is InChI=1S/C20H15ClN2O4S/c1-26-17-11-13(12-22-23-19(24)18-7-4-10-28-18)8-9-16(17)27-20(25)14-5-2-3-6-15(14)21/h2-12H,1H3,(H,23,24)/b22-12-. The molecule has 8 heteroatoms. The van der Waals surface area contributed by atoms with Gasteiger partial charge in [0.05, 0.1) is 28.8 Å². The first-order valence-electron chi connectivity index (χ1n) is 8.10. The Morgan fingerprint density at radius 2 is 1.93 bits per heavy atom. The average Bonchev–Trinajstić information content (AvgIpc) is 3.24. The van der Waals surface area contributed by atoms with Crippen LogP contribution < -0.4 is 14.9 Å². The summed E-state index contributed by atoms with van der Waals surface area (Å²) in [6.07, 6.45) is 1.47. The summed E-state index contributed by atoms with van der Waals surface area (Å²) in [5, 5.41) is 6.04. The fourth-order valence-corrected chi connectivity index (χ4v) is 3.09. The highest BCUT2D eigenvalue weighted by molar-refractivity contribution is 7.12. The lowest BCUT2D eigenvalue weighted by Crippen LogP contribution is -2.16. The van der Waals surface area contributed by atoms with Gasteiger partial charge in [-0.25, -0.2) is 10.2 Å². The van der Waals surface area contributed by atoms with Crippen LogP contribution in [0.3, 0.4) is 0 Å². The second-order valence-corrected chi connectivity index (χ2v) is 6.81. The van der Waals surface area contributed by atoms with Gasteiger partial charge in [0, 0.05) is 0 Å². The second kappa shape index (κ2) is 9.16. The summed E-state index contributed by atoms with van der Waals surface area (Å²) in [6, 6.07) is 15.0. The van der Waals surface area contributed by atoms with Crippen molar-refractivity contribution in [3.63, 3.8) is 0 Å². The molecule has 0 saturated carbocycles. The summed E-state index contributed by atoms with van der Waals surface area (Å²) >= 11 is 7.35. The first kappa shape index (κ1) is 19.6. The van der Waals surface area contributed by atoms with E-state index in [9.17, 15) is 9.59 Å². The van der Waals surface area contributed by atoms with Gasteiger partial charge in [0.25, 0.3) is 5.91 Å². The number of ether oxygens (including phenoxy) is 2. The highest BCUT2D eigenvalue weighted by Gasteiger charge is 2.15. The molecule has 0 radical (unpaired) electrons. The van der Waals surface area contributed by atoms with Gasteiger partial charge < -0.3 is 9.47 Å². The molecule has 2 aromatic carbocycles. The van der Waals surface area contributed by atoms with Gasteiger partial charge in [0.2, 0.25) is 0 Å². The van der Waals surface area contributed by atoms with Crippen LogP contribution in [0.1, 0.15) is 25.6 Å². The van der Waals surface area contributed by atoms with Crippen LogP contribution in [0.4, 0.5) is 0 Å². The summed E-state index contributed by atoms with van der Waals surface area (Å²) in [4.78, 5) is 24.7. The van der Waals surface area contributed by atoms with Crippen LogP contribution in [0.25, 0.3) is 0 Å². The molecule has 0 spiro atoms. The van der Waals surface area contributed by atoms with E-state index in [0.717, 1.165) is 0 Å². The number of rotatable bonds is 6. The van der Waals surface area contributed by atoms with E-state index < -0.39 is 5.97 Å². The van der Waals surface area contributed by atoms with E-state index in [0.29, 0.717) is 21.2 Å². The van der Waals surface area contributed by atoms with Gasteiger partial charge >= 0.3 is 5.97 Å². The number of nitrogens with one attached hydrogen (secondary N) is 1. The third-order valence-electron chi connectivity index (χ3n) is 3.61. The first-order chi connectivity index (χ1) is 13.6. The number of carbonyl (C=O) groups is 2. The van der Waals surface area contributed by atoms with Gasteiger partial charge in [-0.15, -0.1) is 11.3 Å². The summed E-state index contributed by atoms with van der Waals surface area (Å²) < 4.78 is 10.7. The molecule has 0 aliphatic heterocycles. The molecule has 1 amide bonds. The van der Waals surface area contributed by atoms with Crippen LogP contribution in [0.5, 0.6) is 11.5 Å². The molecule has 142 valence electrons. The molecule has 1 N–H and O–H groups in total. The third kappa shape index (κ3) is 4.76. The highest BCUT2D eigenvalue weighted by Crippen LogP contribution is 2.29. The van der Waals surface area contributed by atoms with Crippen molar-refractivity contribution in [3.8, 4) is 11.5 Å². The van der Waals surface area contributed by atoms with Crippen molar-refractivity contribution in [2.45, 2.75) is 0 Å². The molecule has 1 aromatic heterocycles. The van der Waals surface area contributed by atoms with E-state index in [1.807, 2.05) is 5.38 Å². The fourth-order valence-electron chi connectivity index (χ4n) is 2.26. The normalized spacial score (nSPS) is 10.6. The fraction of sp³-hybridized carbons (Fsp3) is 0.0500. The third-order valence-corrected chi connectivity index (χ3v) is 4.81. The van der Waals surface area contributed by atoms with E-state index in [2.05, 4.69) is 10.5 Å². The lowest BCUT2D eigenvalue weighted by molar-refractivity contribution is 0.0729. The molecule has 0 fully saturated rings. The Hall–Kier alpha value is -3.16. The molecular weight excluding hydrogens is 400 g/mol. The van der Waals surface area contributed by atoms with Gasteiger partial charge in [0.1, 0.15) is 0 Å². The number of halogens is 1. The van der Waals surface area contributed by atoms with Gasteiger partial charge in [0.15, 0.2) is 11.5 Å². The Balaban J connectivity index is 1.70. The molecule has 6 nitrogen and oxygen atoms in total. The molecule has 3 aromatic rings. The van der Waals surface area contributed by atoms with Crippen LogP contribution in [0, 0.1) is 0 Å². The second-order valence-electron chi connectivity index (χ2n) is 5.46. The number of hydrogen-bond acceptors (Lipinski definition) is 6. The number of benzene rings is 2. The number of nitrogens with zero attached hydrogens (tertiary/aromatic N) is 1. The first-order valence-corrected chi connectivity index (χ1v) is 9.36. The van der Waals surface area contributed by atoms with Gasteiger partial charge in [-0.05, 0) is 47.3 Å². The van der Waals surface area contributed by atoms with Crippen molar-refractivity contribution in [3.05, 3.63) is 81.0 Å². The van der Waals surface area contributed by atoms with Crippen molar-refractivity contribution in [1.29, 1.82) is 0 Å². The molecule has 0 bridgehead atoms. The van der Waals surface area contributed by atoms with Crippen molar-refractivity contribution < 1.29 is 19.1 Å². The van der Waals surface area contributed by atoms with Crippen molar-refractivity contribution >= 4 is 41.0 Å². The number of carbonyl (C=O) groups excluding carboxylic acids is 2. The minimum atomic E-state index is -0.589. The number of hydrogen-bond donors (Lipinski definition) is 1. The summed E-state index contributed by atoms with van der Waals surface area (Å²) in [5.41, 5.74) is 3.36. The molecule has 1 heterocycles. The van der Waals surface area contributed by atoms with Crippen LogP contribution >= 0.6 is 22.9 Å². The van der Waals surface area contributed by atoms with Gasteiger partial charge in [-0.1, -0.05) is 29.8 Å². The Labute approximate surface area is 170 Å². The zero-order chi connectivity index (χ0) is 19.9. The smallest absolute Gasteiger partial charge is 0.345 e. The molecule has 0 saturated heterocycles. The number of thiophene rings is 1. The molecule has 0 atom stereocenters. The van der Waals surface area contributed by atoms with Gasteiger partial charge in [-0.2, -0.15) is 5.10 Å². The van der Waals surface area contributed by atoms with Crippen molar-refractivity contribution in [2.75, 3.05) is 7.11 Å². The van der Waals surface area contributed by atoms with E-state index in [1.165, 1.54) is 24.7 Å². The number of hydrazone groups is 1. The average molecular weight is 415 g/mol. The molecule has 3 rings (SSSR count). The Morgan fingerprint density at radius 1 is 1.11 bits per heavy atom. The molecule has 0 unspecified atom stereocenters. The van der Waals surface area contributed by atoms with Gasteiger partial charge in [-0.3, -0.25) is 4.79 Å². The molecule has 28 heavy (non-hydrogen) atoms. The Morgan fingerprint density at radius 3 is 2.64 bits per heavy atom. The number of amides is 1. The van der Waals surface area contributed by atoms with E-state index in [4.69, 9.17) is 21.1 Å². The van der Waals surface area contributed by atoms with Crippen LogP contribution in [0.2, 0.25) is 5.02 Å². The SMILES string of the molecule is COc1cc(/C=N\NC(=O)c2cccs2)ccc1OC(=O)c1ccccc1Cl. The van der Waals surface area contributed by atoms with Crippen molar-refractivity contribution in [2.24, 2.45) is 5.10 Å². The number of methoxy groups -OCH3 is 1. The van der Waals surface area contributed by atoms with Crippen molar-refractivity contribution in [1.82, 2.24) is 5.43 Å². The van der Waals surface area contributed by atoms with Crippen LogP contribution in [-0.2, 0) is 0 Å². The lowest BCUT2D eigenvalue weighted by Gasteiger charge is -2.10. The minimum absolute atomic E-state index is 0.243. The zero-order valence-electron chi connectivity index (χ0n) is 14.7. The van der Waals surface area contributed by atoms with E-state index >= 15 is 0 Å². The summed E-state index contributed by atoms with van der Waals surface area (Å²) in [6.45, 7) is 0. The summed E-state index contributed by atoms with van der Waals surface area (Å²) in [7, 11) is 1.46. The monoisotopic (exact) mass is 414 g/mol. The number of esters is 1. The van der Waals surface area contributed by atoms with E-state index in [-0.39, 0.29) is 17.2 Å². The van der Waals surface area contributed by atoms with Crippen LogP contribution in [-0.4, -0.2) is 25.2 Å².